The van der Waals surface area contributed by atoms with E-state index in [-0.39, 0.29) is 0 Å². The lowest BCUT2D eigenvalue weighted by molar-refractivity contribution is 0.174. The average molecular weight is 307 g/mol. The fraction of sp³-hybridized carbons (Fsp3) is 0.647. The fourth-order valence-corrected chi connectivity index (χ4v) is 4.27. The Kier molecular flexibility index (Phi) is 4.96. The van der Waals surface area contributed by atoms with E-state index in [1.807, 2.05) is 17.8 Å². The Labute approximate surface area is 131 Å². The van der Waals surface area contributed by atoms with Crippen LogP contribution >= 0.6 is 11.8 Å². The lowest BCUT2D eigenvalue weighted by atomic mass is 10.0. The molecule has 2 aliphatic rings. The Morgan fingerprint density at radius 2 is 2.14 bits per heavy atom. The van der Waals surface area contributed by atoms with Gasteiger partial charge in [-0.05, 0) is 56.6 Å². The van der Waals surface area contributed by atoms with Crippen LogP contribution in [0.15, 0.2) is 18.2 Å². The topological polar surface area (TPSA) is 30.5 Å². The van der Waals surface area contributed by atoms with Gasteiger partial charge in [-0.15, -0.1) is 0 Å². The van der Waals surface area contributed by atoms with Crippen LogP contribution in [0.25, 0.3) is 0 Å². The van der Waals surface area contributed by atoms with Gasteiger partial charge in [0.15, 0.2) is 11.5 Å². The monoisotopic (exact) mass is 307 g/mol. The summed E-state index contributed by atoms with van der Waals surface area (Å²) in [6.07, 6.45) is 8.56. The van der Waals surface area contributed by atoms with E-state index in [2.05, 4.69) is 30.6 Å². The number of hydrogen-bond donors (Lipinski definition) is 1. The molecule has 3 unspecified atom stereocenters. The third kappa shape index (κ3) is 3.67. The molecule has 1 aliphatic carbocycles. The van der Waals surface area contributed by atoms with Crippen molar-refractivity contribution in [1.29, 1.82) is 0 Å². The minimum Gasteiger partial charge on any atom is -0.454 e. The summed E-state index contributed by atoms with van der Waals surface area (Å²) in [6, 6.07) is 7.56. The highest BCUT2D eigenvalue weighted by molar-refractivity contribution is 7.99. The van der Waals surface area contributed by atoms with Crippen LogP contribution in [0.1, 0.15) is 38.2 Å². The smallest absolute Gasteiger partial charge is 0.231 e. The summed E-state index contributed by atoms with van der Waals surface area (Å²) in [6.45, 7) is 2.66. The minimum absolute atomic E-state index is 0.356. The molecule has 4 heteroatoms. The Balaban J connectivity index is 1.48. The van der Waals surface area contributed by atoms with Crippen LogP contribution in [0.2, 0.25) is 0 Å². The maximum absolute atomic E-state index is 5.44. The summed E-state index contributed by atoms with van der Waals surface area (Å²) in [5, 5.41) is 4.63. The second kappa shape index (κ2) is 6.93. The molecule has 21 heavy (non-hydrogen) atoms. The second-order valence-electron chi connectivity index (χ2n) is 6.11. The molecule has 0 spiro atoms. The van der Waals surface area contributed by atoms with Crippen molar-refractivity contribution in [2.75, 3.05) is 13.0 Å². The van der Waals surface area contributed by atoms with Gasteiger partial charge in [0.25, 0.3) is 0 Å². The Morgan fingerprint density at radius 3 is 3.00 bits per heavy atom. The van der Waals surface area contributed by atoms with Crippen molar-refractivity contribution in [2.45, 2.75) is 56.4 Å². The molecule has 3 rings (SSSR count). The molecule has 3 atom stereocenters. The number of rotatable bonds is 6. The number of ether oxygens (including phenoxy) is 2. The summed E-state index contributed by atoms with van der Waals surface area (Å²) >= 11 is 2.02. The van der Waals surface area contributed by atoms with Crippen LogP contribution in [0.4, 0.5) is 0 Å². The molecule has 1 N–H and O–H groups in total. The van der Waals surface area contributed by atoms with Crippen molar-refractivity contribution < 1.29 is 9.47 Å². The zero-order valence-corrected chi connectivity index (χ0v) is 13.7. The summed E-state index contributed by atoms with van der Waals surface area (Å²) in [4.78, 5) is 0. The zero-order chi connectivity index (χ0) is 14.7. The van der Waals surface area contributed by atoms with E-state index in [9.17, 15) is 0 Å². The molecule has 116 valence electrons. The summed E-state index contributed by atoms with van der Waals surface area (Å²) < 4.78 is 10.8. The number of aryl methyl sites for hydroxylation is 1. The molecule has 3 nitrogen and oxygen atoms in total. The first-order valence-electron chi connectivity index (χ1n) is 7.93. The van der Waals surface area contributed by atoms with Crippen molar-refractivity contribution in [3.8, 4) is 11.5 Å². The van der Waals surface area contributed by atoms with Gasteiger partial charge in [0.1, 0.15) is 0 Å². The Bertz CT molecular complexity index is 480. The van der Waals surface area contributed by atoms with Gasteiger partial charge >= 0.3 is 0 Å². The first kappa shape index (κ1) is 15.0. The van der Waals surface area contributed by atoms with Crippen LogP contribution in [-0.4, -0.2) is 30.4 Å². The standard InChI is InChI=1S/C17H25NO2S/c1-12(18-14-4-3-5-17(14)21-2)6-7-13-8-9-15-16(10-13)20-11-19-15/h8-10,12,14,17-18H,3-7,11H2,1-2H3. The molecule has 1 saturated carbocycles. The Morgan fingerprint density at radius 1 is 1.29 bits per heavy atom. The third-order valence-corrected chi connectivity index (χ3v) is 5.73. The highest BCUT2D eigenvalue weighted by atomic mass is 32.2. The highest BCUT2D eigenvalue weighted by Crippen LogP contribution is 2.33. The third-order valence-electron chi connectivity index (χ3n) is 4.56. The van der Waals surface area contributed by atoms with Crippen molar-refractivity contribution in [2.24, 2.45) is 0 Å². The number of fused-ring (bicyclic) bond motifs is 1. The van der Waals surface area contributed by atoms with Gasteiger partial charge in [-0.2, -0.15) is 11.8 Å². The van der Waals surface area contributed by atoms with Crippen LogP contribution in [0, 0.1) is 0 Å². The number of benzene rings is 1. The number of hydrogen-bond acceptors (Lipinski definition) is 4. The van der Waals surface area contributed by atoms with Gasteiger partial charge in [0.2, 0.25) is 6.79 Å². The van der Waals surface area contributed by atoms with Gasteiger partial charge in [-0.25, -0.2) is 0 Å². The first-order chi connectivity index (χ1) is 10.3. The quantitative estimate of drug-likeness (QED) is 0.869. The molecular weight excluding hydrogens is 282 g/mol. The summed E-state index contributed by atoms with van der Waals surface area (Å²) in [5.74, 6) is 1.77. The molecule has 1 aromatic carbocycles. The molecule has 1 aliphatic heterocycles. The SMILES string of the molecule is CSC1CCCC1NC(C)CCc1ccc2c(c1)OCO2. The van der Waals surface area contributed by atoms with E-state index in [0.29, 0.717) is 18.9 Å². The molecule has 0 radical (unpaired) electrons. The molecule has 1 aromatic rings. The predicted molar refractivity (Wildman–Crippen MR) is 88.4 cm³/mol. The molecular formula is C17H25NO2S. The predicted octanol–water partition coefficient (Wildman–Crippen LogP) is 3.61. The second-order valence-corrected chi connectivity index (χ2v) is 7.18. The molecule has 0 amide bonds. The maximum atomic E-state index is 5.44. The van der Waals surface area contributed by atoms with Crippen LogP contribution in [-0.2, 0) is 6.42 Å². The van der Waals surface area contributed by atoms with Crippen molar-refractivity contribution in [1.82, 2.24) is 5.32 Å². The van der Waals surface area contributed by atoms with Crippen LogP contribution < -0.4 is 14.8 Å². The van der Waals surface area contributed by atoms with Crippen molar-refractivity contribution >= 4 is 11.8 Å². The van der Waals surface area contributed by atoms with E-state index in [0.717, 1.165) is 29.6 Å². The van der Waals surface area contributed by atoms with Gasteiger partial charge in [-0.1, -0.05) is 12.5 Å². The van der Waals surface area contributed by atoms with Crippen LogP contribution in [0.3, 0.4) is 0 Å². The fourth-order valence-electron chi connectivity index (χ4n) is 3.33. The van der Waals surface area contributed by atoms with E-state index >= 15 is 0 Å². The minimum atomic E-state index is 0.356. The van der Waals surface area contributed by atoms with E-state index in [1.165, 1.54) is 24.8 Å². The van der Waals surface area contributed by atoms with E-state index in [4.69, 9.17) is 9.47 Å². The summed E-state index contributed by atoms with van der Waals surface area (Å²) in [5.41, 5.74) is 1.33. The van der Waals surface area contributed by atoms with Gasteiger partial charge in [0, 0.05) is 17.3 Å². The first-order valence-corrected chi connectivity index (χ1v) is 9.22. The van der Waals surface area contributed by atoms with Gasteiger partial charge in [-0.3, -0.25) is 0 Å². The highest BCUT2D eigenvalue weighted by Gasteiger charge is 2.27. The zero-order valence-electron chi connectivity index (χ0n) is 12.9. The van der Waals surface area contributed by atoms with Gasteiger partial charge in [0.05, 0.1) is 0 Å². The normalized spacial score (nSPS) is 25.2. The molecule has 1 heterocycles. The molecule has 0 bridgehead atoms. The molecule has 0 aromatic heterocycles. The maximum Gasteiger partial charge on any atom is 0.231 e. The summed E-state index contributed by atoms with van der Waals surface area (Å²) in [7, 11) is 0. The largest absolute Gasteiger partial charge is 0.454 e. The van der Waals surface area contributed by atoms with Crippen molar-refractivity contribution in [3.63, 3.8) is 0 Å². The van der Waals surface area contributed by atoms with E-state index < -0.39 is 0 Å². The Hall–Kier alpha value is -0.870. The van der Waals surface area contributed by atoms with Gasteiger partial charge < -0.3 is 14.8 Å². The number of nitrogens with one attached hydrogen (secondary N) is 1. The lowest BCUT2D eigenvalue weighted by Crippen LogP contribution is -2.40. The lowest BCUT2D eigenvalue weighted by Gasteiger charge is -2.24. The average Bonchev–Trinajstić information content (AvgIpc) is 3.12. The molecule has 0 saturated heterocycles. The number of thioether (sulfide) groups is 1. The van der Waals surface area contributed by atoms with E-state index in [1.54, 1.807) is 0 Å². The van der Waals surface area contributed by atoms with Crippen molar-refractivity contribution in [3.05, 3.63) is 23.8 Å². The van der Waals surface area contributed by atoms with Crippen LogP contribution in [0.5, 0.6) is 11.5 Å². The molecule has 1 fully saturated rings.